The van der Waals surface area contributed by atoms with E-state index in [1.54, 1.807) is 4.68 Å². The van der Waals surface area contributed by atoms with Crippen molar-refractivity contribution in [2.45, 2.75) is 38.8 Å². The highest BCUT2D eigenvalue weighted by Crippen LogP contribution is 2.23. The van der Waals surface area contributed by atoms with Crippen LogP contribution in [0.4, 0.5) is 5.69 Å². The minimum atomic E-state index is -0.156. The van der Waals surface area contributed by atoms with Crippen molar-refractivity contribution in [3.8, 4) is 5.69 Å². The van der Waals surface area contributed by atoms with Gasteiger partial charge >= 0.3 is 0 Å². The van der Waals surface area contributed by atoms with E-state index in [9.17, 15) is 4.79 Å². The third-order valence-electron chi connectivity index (χ3n) is 4.82. The molecule has 1 N–H and O–H groups in total. The van der Waals surface area contributed by atoms with Crippen LogP contribution in [0, 0.1) is 0 Å². The van der Waals surface area contributed by atoms with E-state index >= 15 is 0 Å². The number of hydrogen-bond acceptors (Lipinski definition) is 6. The molecule has 27 heavy (non-hydrogen) atoms. The third kappa shape index (κ3) is 3.90. The van der Waals surface area contributed by atoms with Crippen LogP contribution in [0.15, 0.2) is 47.1 Å². The van der Waals surface area contributed by atoms with E-state index in [-0.39, 0.29) is 11.9 Å². The van der Waals surface area contributed by atoms with E-state index < -0.39 is 0 Å². The highest BCUT2D eigenvalue weighted by Gasteiger charge is 2.31. The van der Waals surface area contributed by atoms with Crippen LogP contribution in [0.5, 0.6) is 0 Å². The molecule has 1 aromatic carbocycles. The average Bonchev–Trinajstić information content (AvgIpc) is 3.44. The number of anilines is 1. The van der Waals surface area contributed by atoms with Gasteiger partial charge in [0.1, 0.15) is 17.8 Å². The molecule has 1 aliphatic rings. The highest BCUT2D eigenvalue weighted by molar-refractivity contribution is 5.95. The Morgan fingerprint density at radius 1 is 1.30 bits per heavy atom. The molecular formula is C19H22N6O2. The van der Waals surface area contributed by atoms with Gasteiger partial charge in [-0.15, -0.1) is 5.10 Å². The van der Waals surface area contributed by atoms with Crippen LogP contribution in [0.2, 0.25) is 0 Å². The Balaban J connectivity index is 1.43. The Hall–Kier alpha value is -3.00. The van der Waals surface area contributed by atoms with Crippen molar-refractivity contribution in [1.29, 1.82) is 0 Å². The van der Waals surface area contributed by atoms with Crippen LogP contribution in [-0.4, -0.2) is 43.6 Å². The van der Waals surface area contributed by atoms with Gasteiger partial charge in [0.25, 0.3) is 0 Å². The van der Waals surface area contributed by atoms with Crippen molar-refractivity contribution < 1.29 is 9.21 Å². The van der Waals surface area contributed by atoms with Crippen molar-refractivity contribution in [3.05, 3.63) is 54.2 Å². The van der Waals surface area contributed by atoms with Gasteiger partial charge in [-0.2, -0.15) is 0 Å². The minimum absolute atomic E-state index is 0.00337. The number of nitrogens with one attached hydrogen (secondary N) is 1. The van der Waals surface area contributed by atoms with Crippen molar-refractivity contribution in [2.24, 2.45) is 0 Å². The number of carbonyl (C=O) groups excluding carboxylic acids is 1. The molecule has 1 aliphatic heterocycles. The molecule has 3 heterocycles. The fourth-order valence-corrected chi connectivity index (χ4v) is 3.44. The zero-order chi connectivity index (χ0) is 18.6. The van der Waals surface area contributed by atoms with Gasteiger partial charge in [-0.25, -0.2) is 4.68 Å². The Morgan fingerprint density at radius 2 is 2.19 bits per heavy atom. The molecule has 4 rings (SSSR count). The molecule has 1 saturated heterocycles. The van der Waals surface area contributed by atoms with Crippen LogP contribution < -0.4 is 5.32 Å². The Morgan fingerprint density at radius 3 is 2.96 bits per heavy atom. The maximum Gasteiger partial charge on any atom is 0.241 e. The molecule has 8 nitrogen and oxygen atoms in total. The van der Waals surface area contributed by atoms with Gasteiger partial charge in [-0.05, 0) is 60.1 Å². The number of carbonyl (C=O) groups is 1. The van der Waals surface area contributed by atoms with Crippen molar-refractivity contribution in [3.63, 3.8) is 0 Å². The van der Waals surface area contributed by atoms with Gasteiger partial charge in [0, 0.05) is 12.1 Å². The predicted octanol–water partition coefficient (Wildman–Crippen LogP) is 2.42. The molecular weight excluding hydrogens is 344 g/mol. The summed E-state index contributed by atoms with van der Waals surface area (Å²) >= 11 is 0. The summed E-state index contributed by atoms with van der Waals surface area (Å²) < 4.78 is 7.36. The van der Waals surface area contributed by atoms with Crippen LogP contribution in [-0.2, 0) is 17.8 Å². The summed E-state index contributed by atoms with van der Waals surface area (Å²) in [6, 6.07) is 11.3. The Kier molecular flexibility index (Phi) is 4.97. The summed E-state index contributed by atoms with van der Waals surface area (Å²) in [5.41, 5.74) is 1.52. The maximum absolute atomic E-state index is 12.8. The van der Waals surface area contributed by atoms with E-state index in [1.807, 2.05) is 36.4 Å². The van der Waals surface area contributed by atoms with Gasteiger partial charge < -0.3 is 9.73 Å². The van der Waals surface area contributed by atoms with Crippen LogP contribution in [0.1, 0.15) is 31.3 Å². The Bertz CT molecular complexity index is 905. The molecule has 0 radical (unpaired) electrons. The lowest BCUT2D eigenvalue weighted by Crippen LogP contribution is -2.39. The standard InChI is InChI=1S/C19H22N6O2/c1-2-16-8-9-17(27-16)12-24-10-4-7-18(24)19(26)21-14-5-3-6-15(11-14)25-13-20-22-23-25/h3,5-6,8-9,11,13,18H,2,4,7,10,12H2,1H3,(H,21,26)/t18-/m0/s1. The molecule has 3 aromatic rings. The van der Waals surface area contributed by atoms with Gasteiger partial charge in [0.05, 0.1) is 18.3 Å². The number of furan rings is 1. The van der Waals surface area contributed by atoms with E-state index in [4.69, 9.17) is 4.42 Å². The maximum atomic E-state index is 12.8. The number of aryl methyl sites for hydroxylation is 1. The topological polar surface area (TPSA) is 89.1 Å². The number of likely N-dealkylation sites (tertiary alicyclic amines) is 1. The van der Waals surface area contributed by atoms with E-state index in [2.05, 4.69) is 32.7 Å². The zero-order valence-corrected chi connectivity index (χ0v) is 15.2. The smallest absolute Gasteiger partial charge is 0.241 e. The second-order valence-corrected chi connectivity index (χ2v) is 6.64. The van der Waals surface area contributed by atoms with Gasteiger partial charge in [-0.3, -0.25) is 9.69 Å². The van der Waals surface area contributed by atoms with E-state index in [0.717, 1.165) is 48.7 Å². The lowest BCUT2D eigenvalue weighted by Gasteiger charge is -2.22. The lowest BCUT2D eigenvalue weighted by atomic mass is 10.2. The van der Waals surface area contributed by atoms with Crippen molar-refractivity contribution >= 4 is 11.6 Å². The summed E-state index contributed by atoms with van der Waals surface area (Å²) in [6.07, 6.45) is 4.25. The number of rotatable bonds is 6. The molecule has 2 aromatic heterocycles. The highest BCUT2D eigenvalue weighted by atomic mass is 16.3. The molecule has 8 heteroatoms. The quantitative estimate of drug-likeness (QED) is 0.721. The van der Waals surface area contributed by atoms with Crippen LogP contribution >= 0.6 is 0 Å². The number of amides is 1. The molecule has 0 spiro atoms. The third-order valence-corrected chi connectivity index (χ3v) is 4.82. The second kappa shape index (κ2) is 7.71. The lowest BCUT2D eigenvalue weighted by molar-refractivity contribution is -0.120. The first-order valence-corrected chi connectivity index (χ1v) is 9.19. The van der Waals surface area contributed by atoms with Gasteiger partial charge in [0.15, 0.2) is 0 Å². The van der Waals surface area contributed by atoms with Crippen LogP contribution in [0.3, 0.4) is 0 Å². The fourth-order valence-electron chi connectivity index (χ4n) is 3.44. The first kappa shape index (κ1) is 17.4. The summed E-state index contributed by atoms with van der Waals surface area (Å²) in [5.74, 6) is 1.89. The molecule has 0 saturated carbocycles. The number of hydrogen-bond donors (Lipinski definition) is 1. The molecule has 0 unspecified atom stereocenters. The fraction of sp³-hybridized carbons (Fsp3) is 0.368. The molecule has 0 bridgehead atoms. The number of benzene rings is 1. The predicted molar refractivity (Wildman–Crippen MR) is 99.3 cm³/mol. The Labute approximate surface area is 157 Å². The monoisotopic (exact) mass is 366 g/mol. The van der Waals surface area contributed by atoms with Gasteiger partial charge in [0.2, 0.25) is 5.91 Å². The van der Waals surface area contributed by atoms with Gasteiger partial charge in [-0.1, -0.05) is 13.0 Å². The molecule has 1 fully saturated rings. The number of tetrazole rings is 1. The summed E-state index contributed by atoms with van der Waals surface area (Å²) in [6.45, 7) is 3.62. The number of aromatic nitrogens is 4. The molecule has 1 atom stereocenters. The summed E-state index contributed by atoms with van der Waals surface area (Å²) in [7, 11) is 0. The molecule has 140 valence electrons. The van der Waals surface area contributed by atoms with Crippen molar-refractivity contribution in [1.82, 2.24) is 25.1 Å². The van der Waals surface area contributed by atoms with Crippen LogP contribution in [0.25, 0.3) is 5.69 Å². The zero-order valence-electron chi connectivity index (χ0n) is 15.2. The second-order valence-electron chi connectivity index (χ2n) is 6.64. The molecule has 0 aliphatic carbocycles. The summed E-state index contributed by atoms with van der Waals surface area (Å²) in [4.78, 5) is 15.0. The largest absolute Gasteiger partial charge is 0.465 e. The average molecular weight is 366 g/mol. The summed E-state index contributed by atoms with van der Waals surface area (Å²) in [5, 5.41) is 14.2. The van der Waals surface area contributed by atoms with E-state index in [0.29, 0.717) is 6.54 Å². The normalized spacial score (nSPS) is 17.3. The first-order chi connectivity index (χ1) is 13.2. The van der Waals surface area contributed by atoms with E-state index in [1.165, 1.54) is 6.33 Å². The van der Waals surface area contributed by atoms with Crippen molar-refractivity contribution in [2.75, 3.05) is 11.9 Å². The minimum Gasteiger partial charge on any atom is -0.465 e. The first-order valence-electron chi connectivity index (χ1n) is 9.19. The molecule has 1 amide bonds. The SMILES string of the molecule is CCc1ccc(CN2CCC[C@H]2C(=O)Nc2cccc(-n3cnnn3)c2)o1. The number of nitrogens with zero attached hydrogens (tertiary/aromatic N) is 5.